The van der Waals surface area contributed by atoms with Crippen LogP contribution < -0.4 is 4.90 Å². The van der Waals surface area contributed by atoms with Crippen LogP contribution in [0, 0.1) is 13.8 Å². The summed E-state index contributed by atoms with van der Waals surface area (Å²) in [6.45, 7) is 11.5. The number of nitrogens with zero attached hydrogens (tertiary/aromatic N) is 7. The van der Waals surface area contributed by atoms with Gasteiger partial charge in [0.15, 0.2) is 5.65 Å². The van der Waals surface area contributed by atoms with Gasteiger partial charge in [0, 0.05) is 69.6 Å². The number of aromatic nitrogens is 5. The number of aryl methyl sites for hydroxylation is 1. The fraction of sp³-hybridized carbons (Fsp3) is 0.500. The number of amides is 1. The minimum absolute atomic E-state index is 0.199. The van der Waals surface area contributed by atoms with Crippen LogP contribution in [0.4, 0.5) is 5.82 Å². The zero-order valence-electron chi connectivity index (χ0n) is 22.6. The molecule has 2 saturated heterocycles. The van der Waals surface area contributed by atoms with E-state index in [-0.39, 0.29) is 5.91 Å². The fourth-order valence-corrected chi connectivity index (χ4v) is 6.23. The number of likely N-dealkylation sites (tertiary alicyclic amines) is 1. The molecule has 6 rings (SSSR count). The molecule has 0 aromatic carbocycles. The first-order valence-corrected chi connectivity index (χ1v) is 13.3. The van der Waals surface area contributed by atoms with E-state index >= 15 is 0 Å². The predicted molar refractivity (Wildman–Crippen MR) is 146 cm³/mol. The molecule has 1 N–H and O–H groups in total. The molecular formula is C28H36N8O. The van der Waals surface area contributed by atoms with Gasteiger partial charge in [0.2, 0.25) is 5.91 Å². The van der Waals surface area contributed by atoms with Crippen molar-refractivity contribution in [3.63, 3.8) is 0 Å². The Morgan fingerprint density at radius 1 is 1.16 bits per heavy atom. The van der Waals surface area contributed by atoms with Gasteiger partial charge in [0.05, 0.1) is 16.7 Å². The van der Waals surface area contributed by atoms with Gasteiger partial charge in [-0.3, -0.25) is 9.69 Å². The number of H-pyrrole nitrogens is 1. The Balaban J connectivity index is 1.32. The molecular weight excluding hydrogens is 464 g/mol. The average molecular weight is 501 g/mol. The van der Waals surface area contributed by atoms with Crippen molar-refractivity contribution in [2.24, 2.45) is 0 Å². The van der Waals surface area contributed by atoms with E-state index in [1.165, 1.54) is 11.1 Å². The topological polar surface area (TPSA) is 85.7 Å². The number of rotatable bonds is 6. The van der Waals surface area contributed by atoms with Crippen molar-refractivity contribution in [3.05, 3.63) is 41.3 Å². The van der Waals surface area contributed by atoms with Crippen LogP contribution in [0.1, 0.15) is 49.3 Å². The Morgan fingerprint density at radius 2 is 1.97 bits per heavy atom. The molecule has 2 bridgehead atoms. The van der Waals surface area contributed by atoms with E-state index in [4.69, 9.17) is 4.98 Å². The van der Waals surface area contributed by atoms with Crippen molar-refractivity contribution in [2.45, 2.75) is 58.5 Å². The first-order valence-electron chi connectivity index (χ1n) is 13.3. The summed E-state index contributed by atoms with van der Waals surface area (Å²) in [6.07, 6.45) is 5.42. The summed E-state index contributed by atoms with van der Waals surface area (Å²) in [6, 6.07) is 5.28. The summed E-state index contributed by atoms with van der Waals surface area (Å²) in [7, 11) is 3.66. The van der Waals surface area contributed by atoms with Crippen molar-refractivity contribution < 1.29 is 4.79 Å². The number of hydrogen-bond donors (Lipinski definition) is 1. The van der Waals surface area contributed by atoms with E-state index in [2.05, 4.69) is 70.9 Å². The van der Waals surface area contributed by atoms with Crippen molar-refractivity contribution in [2.75, 3.05) is 38.6 Å². The third kappa shape index (κ3) is 3.87. The first-order chi connectivity index (χ1) is 17.7. The third-order valence-corrected chi connectivity index (χ3v) is 8.40. The smallest absolute Gasteiger partial charge is 0.223 e. The predicted octanol–water partition coefficient (Wildman–Crippen LogP) is 3.75. The van der Waals surface area contributed by atoms with Gasteiger partial charge < -0.3 is 14.8 Å². The zero-order valence-corrected chi connectivity index (χ0v) is 22.6. The highest BCUT2D eigenvalue weighted by molar-refractivity contribution is 5.90. The molecule has 0 aliphatic carbocycles. The number of carbonyl (C=O) groups is 1. The third-order valence-electron chi connectivity index (χ3n) is 8.40. The number of nitrogens with one attached hydrogen (secondary N) is 1. The largest absolute Gasteiger partial charge is 0.353 e. The zero-order chi connectivity index (χ0) is 26.0. The van der Waals surface area contributed by atoms with E-state index in [0.29, 0.717) is 24.4 Å². The molecule has 0 unspecified atom stereocenters. The summed E-state index contributed by atoms with van der Waals surface area (Å²) >= 11 is 0. The Labute approximate surface area is 217 Å². The lowest BCUT2D eigenvalue weighted by Crippen LogP contribution is -2.47. The molecule has 194 valence electrons. The first kappa shape index (κ1) is 23.9. The van der Waals surface area contributed by atoms with Gasteiger partial charge in [-0.2, -0.15) is 5.10 Å². The molecule has 1 amide bonds. The van der Waals surface area contributed by atoms with Crippen LogP contribution in [0.25, 0.3) is 27.9 Å². The fourth-order valence-electron chi connectivity index (χ4n) is 6.23. The van der Waals surface area contributed by atoms with E-state index in [0.717, 1.165) is 65.4 Å². The maximum atomic E-state index is 12.1. The van der Waals surface area contributed by atoms with Crippen LogP contribution in [0.2, 0.25) is 0 Å². The molecule has 2 aliphatic rings. The van der Waals surface area contributed by atoms with Crippen molar-refractivity contribution in [3.8, 4) is 11.3 Å². The molecule has 6 heterocycles. The van der Waals surface area contributed by atoms with Gasteiger partial charge in [-0.25, -0.2) is 14.5 Å². The van der Waals surface area contributed by atoms with Crippen molar-refractivity contribution >= 4 is 28.4 Å². The molecule has 0 radical (unpaired) electrons. The number of pyridine rings is 2. The van der Waals surface area contributed by atoms with Crippen LogP contribution >= 0.6 is 0 Å². The minimum atomic E-state index is 0.199. The molecule has 9 heteroatoms. The summed E-state index contributed by atoms with van der Waals surface area (Å²) in [5.74, 6) is 1.55. The lowest BCUT2D eigenvalue weighted by atomic mass is 9.95. The summed E-state index contributed by atoms with van der Waals surface area (Å²) in [5, 5.41) is 4.41. The van der Waals surface area contributed by atoms with E-state index in [1.807, 2.05) is 18.6 Å². The second-order valence-corrected chi connectivity index (χ2v) is 11.2. The standard InChI is InChI=1S/C28H36N8O/c1-16(2)25-26(21-14-36-28(29-15-30-36)18(4)17(21)3)31-22-7-8-23(32-27(22)25)35-13-19-11-20(35)12-34(19)10-9-24(37)33(5)6/h7-8,14-16,19-20,31H,9-13H2,1-6H3/t19-,20-/m1/s1. The Bertz CT molecular complexity index is 1500. The summed E-state index contributed by atoms with van der Waals surface area (Å²) in [4.78, 5) is 32.1. The number of carbonyl (C=O) groups excluding carboxylic acids is 1. The van der Waals surface area contributed by atoms with Gasteiger partial charge in [-0.15, -0.1) is 0 Å². The minimum Gasteiger partial charge on any atom is -0.353 e. The highest BCUT2D eigenvalue weighted by Gasteiger charge is 2.43. The lowest BCUT2D eigenvalue weighted by molar-refractivity contribution is -0.129. The van der Waals surface area contributed by atoms with Crippen molar-refractivity contribution in [1.82, 2.24) is 34.4 Å². The summed E-state index contributed by atoms with van der Waals surface area (Å²) in [5.41, 5.74) is 8.86. The maximum Gasteiger partial charge on any atom is 0.223 e. The molecule has 0 saturated carbocycles. The molecule has 37 heavy (non-hydrogen) atoms. The highest BCUT2D eigenvalue weighted by atomic mass is 16.2. The number of fused-ring (bicyclic) bond motifs is 4. The second kappa shape index (κ2) is 8.83. The normalized spacial score (nSPS) is 19.7. The number of aromatic amines is 1. The molecule has 4 aromatic rings. The van der Waals surface area contributed by atoms with Crippen molar-refractivity contribution in [1.29, 1.82) is 0 Å². The number of piperazine rings is 1. The Hall–Kier alpha value is -3.46. The Morgan fingerprint density at radius 3 is 2.68 bits per heavy atom. The second-order valence-electron chi connectivity index (χ2n) is 11.2. The molecule has 0 spiro atoms. The quantitative estimate of drug-likeness (QED) is 0.434. The van der Waals surface area contributed by atoms with E-state index in [9.17, 15) is 4.79 Å². The van der Waals surface area contributed by atoms with Crippen LogP contribution in [0.15, 0.2) is 24.7 Å². The van der Waals surface area contributed by atoms with Crippen LogP contribution in [-0.2, 0) is 4.79 Å². The van der Waals surface area contributed by atoms with Gasteiger partial charge in [0.25, 0.3) is 0 Å². The van der Waals surface area contributed by atoms with E-state index in [1.54, 1.807) is 11.2 Å². The number of hydrogen-bond acceptors (Lipinski definition) is 6. The highest BCUT2D eigenvalue weighted by Crippen LogP contribution is 2.39. The van der Waals surface area contributed by atoms with Gasteiger partial charge >= 0.3 is 0 Å². The van der Waals surface area contributed by atoms with Gasteiger partial charge in [0.1, 0.15) is 12.1 Å². The maximum absolute atomic E-state index is 12.1. The lowest BCUT2D eigenvalue weighted by Gasteiger charge is -2.35. The SMILES string of the molecule is Cc1c(-c2[nH]c3ccc(N4C[C@H]5C[C@@H]4CN5CCC(=O)N(C)C)nc3c2C(C)C)cn2ncnc2c1C. The van der Waals surface area contributed by atoms with Gasteiger partial charge in [-0.05, 0) is 49.4 Å². The summed E-state index contributed by atoms with van der Waals surface area (Å²) < 4.78 is 1.87. The molecule has 9 nitrogen and oxygen atoms in total. The van der Waals surface area contributed by atoms with E-state index < -0.39 is 0 Å². The van der Waals surface area contributed by atoms with Crippen LogP contribution in [0.3, 0.4) is 0 Å². The molecule has 2 aliphatic heterocycles. The monoisotopic (exact) mass is 500 g/mol. The van der Waals surface area contributed by atoms with Crippen LogP contribution in [0.5, 0.6) is 0 Å². The van der Waals surface area contributed by atoms with Gasteiger partial charge in [-0.1, -0.05) is 13.8 Å². The molecule has 2 fully saturated rings. The molecule has 2 atom stereocenters. The van der Waals surface area contributed by atoms with Crippen LogP contribution in [-0.4, -0.2) is 86.1 Å². The Kier molecular flexibility index (Phi) is 5.71. The molecule has 4 aromatic heterocycles. The number of anilines is 1. The average Bonchev–Trinajstić information content (AvgIpc) is 3.65.